The van der Waals surface area contributed by atoms with Crippen molar-refractivity contribution in [3.8, 4) is 0 Å². The smallest absolute Gasteiger partial charge is 0.254 e. The third-order valence-corrected chi connectivity index (χ3v) is 5.91. The molecule has 1 saturated heterocycles. The number of pyridine rings is 1. The second-order valence-electron chi connectivity index (χ2n) is 8.12. The van der Waals surface area contributed by atoms with Gasteiger partial charge in [0.2, 0.25) is 0 Å². The minimum atomic E-state index is 0.105. The standard InChI is InChI=1S/C22H27N5O2/c1-2-7-27-21-19(14-23-27)18(13-20(24-21)16-5-6-16)22(28)26-10-8-25(9-11-26)15-17-4-3-12-29-17/h3-4,12-14,16H,2,5-11,15H2,1H3. The first-order valence-corrected chi connectivity index (χ1v) is 10.6. The molecule has 0 atom stereocenters. The predicted octanol–water partition coefficient (Wildman–Crippen LogP) is 3.27. The van der Waals surface area contributed by atoms with Gasteiger partial charge in [0.15, 0.2) is 5.65 Å². The van der Waals surface area contributed by atoms with Gasteiger partial charge in [0, 0.05) is 44.3 Å². The molecule has 0 radical (unpaired) electrons. The molecule has 152 valence electrons. The number of carbonyl (C=O) groups is 1. The maximum Gasteiger partial charge on any atom is 0.254 e. The first kappa shape index (κ1) is 18.4. The van der Waals surface area contributed by atoms with E-state index in [0.717, 1.165) is 73.7 Å². The summed E-state index contributed by atoms with van der Waals surface area (Å²) in [5, 5.41) is 5.39. The van der Waals surface area contributed by atoms with Gasteiger partial charge in [-0.2, -0.15) is 5.10 Å². The largest absolute Gasteiger partial charge is 0.468 e. The zero-order valence-corrected chi connectivity index (χ0v) is 16.9. The van der Waals surface area contributed by atoms with Crippen LogP contribution in [0.5, 0.6) is 0 Å². The van der Waals surface area contributed by atoms with Gasteiger partial charge < -0.3 is 9.32 Å². The molecule has 1 saturated carbocycles. The molecule has 5 rings (SSSR count). The van der Waals surface area contributed by atoms with Crippen LogP contribution in [0.2, 0.25) is 0 Å². The summed E-state index contributed by atoms with van der Waals surface area (Å²) in [6.45, 7) is 6.91. The lowest BCUT2D eigenvalue weighted by molar-refractivity contribution is 0.0622. The minimum absolute atomic E-state index is 0.105. The molecule has 7 nitrogen and oxygen atoms in total. The van der Waals surface area contributed by atoms with Crippen molar-refractivity contribution in [2.24, 2.45) is 0 Å². The highest BCUT2D eigenvalue weighted by Gasteiger charge is 2.30. The van der Waals surface area contributed by atoms with Crippen LogP contribution in [-0.4, -0.2) is 56.7 Å². The van der Waals surface area contributed by atoms with Crippen LogP contribution in [0.1, 0.15) is 53.9 Å². The van der Waals surface area contributed by atoms with Crippen LogP contribution in [-0.2, 0) is 13.1 Å². The number of aromatic nitrogens is 3. The summed E-state index contributed by atoms with van der Waals surface area (Å²) in [5.41, 5.74) is 2.67. The number of aryl methyl sites for hydroxylation is 1. The fraction of sp³-hybridized carbons (Fsp3) is 0.500. The maximum absolute atomic E-state index is 13.4. The van der Waals surface area contributed by atoms with Gasteiger partial charge in [0.1, 0.15) is 5.76 Å². The highest BCUT2D eigenvalue weighted by Crippen LogP contribution is 2.40. The number of amides is 1. The number of rotatable bonds is 6. The molecule has 1 aliphatic carbocycles. The second kappa shape index (κ2) is 7.63. The topological polar surface area (TPSA) is 67.4 Å². The van der Waals surface area contributed by atoms with Crippen LogP contribution < -0.4 is 0 Å². The Bertz CT molecular complexity index is 998. The molecule has 0 bridgehead atoms. The van der Waals surface area contributed by atoms with Crippen molar-refractivity contribution in [2.45, 2.75) is 45.2 Å². The van der Waals surface area contributed by atoms with Gasteiger partial charge in [-0.1, -0.05) is 6.92 Å². The van der Waals surface area contributed by atoms with Crippen LogP contribution >= 0.6 is 0 Å². The van der Waals surface area contributed by atoms with Gasteiger partial charge in [-0.15, -0.1) is 0 Å². The van der Waals surface area contributed by atoms with E-state index in [2.05, 4.69) is 16.9 Å². The summed E-state index contributed by atoms with van der Waals surface area (Å²) in [6, 6.07) is 5.94. The monoisotopic (exact) mass is 393 g/mol. The second-order valence-corrected chi connectivity index (χ2v) is 8.12. The summed E-state index contributed by atoms with van der Waals surface area (Å²) >= 11 is 0. The lowest BCUT2D eigenvalue weighted by atomic mass is 10.1. The van der Waals surface area contributed by atoms with Crippen molar-refractivity contribution in [1.82, 2.24) is 24.6 Å². The van der Waals surface area contributed by atoms with Gasteiger partial charge in [0.25, 0.3) is 5.91 Å². The maximum atomic E-state index is 13.4. The van der Waals surface area contributed by atoms with E-state index in [1.807, 2.05) is 34.0 Å². The Labute approximate surface area is 170 Å². The van der Waals surface area contributed by atoms with Crippen LogP contribution in [0.3, 0.4) is 0 Å². The third-order valence-electron chi connectivity index (χ3n) is 5.91. The molecular weight excluding hydrogens is 366 g/mol. The summed E-state index contributed by atoms with van der Waals surface area (Å²) in [7, 11) is 0. The molecule has 0 unspecified atom stereocenters. The Balaban J connectivity index is 1.36. The first-order chi connectivity index (χ1) is 14.2. The van der Waals surface area contributed by atoms with Gasteiger partial charge >= 0.3 is 0 Å². The first-order valence-electron chi connectivity index (χ1n) is 10.6. The molecular formula is C22H27N5O2. The van der Waals surface area contributed by atoms with Crippen molar-refractivity contribution >= 4 is 16.9 Å². The Morgan fingerprint density at radius 3 is 2.76 bits per heavy atom. The van der Waals surface area contributed by atoms with Crippen LogP contribution in [0.15, 0.2) is 35.1 Å². The van der Waals surface area contributed by atoms with E-state index in [4.69, 9.17) is 9.40 Å². The highest BCUT2D eigenvalue weighted by atomic mass is 16.3. The van der Waals surface area contributed by atoms with Gasteiger partial charge in [-0.05, 0) is 37.5 Å². The molecule has 0 spiro atoms. The van der Waals surface area contributed by atoms with Crippen molar-refractivity contribution in [3.05, 3.63) is 47.7 Å². The lowest BCUT2D eigenvalue weighted by Crippen LogP contribution is -2.48. The van der Waals surface area contributed by atoms with E-state index >= 15 is 0 Å². The fourth-order valence-electron chi connectivity index (χ4n) is 4.11. The Kier molecular flexibility index (Phi) is 4.83. The fourth-order valence-corrected chi connectivity index (χ4v) is 4.11. The number of nitrogens with zero attached hydrogens (tertiary/aromatic N) is 5. The van der Waals surface area contributed by atoms with E-state index in [1.165, 1.54) is 12.8 Å². The number of carbonyl (C=O) groups excluding carboxylic acids is 1. The predicted molar refractivity (Wildman–Crippen MR) is 110 cm³/mol. The van der Waals surface area contributed by atoms with E-state index in [9.17, 15) is 4.79 Å². The average molecular weight is 393 g/mol. The summed E-state index contributed by atoms with van der Waals surface area (Å²) in [4.78, 5) is 22.6. The Morgan fingerprint density at radius 2 is 2.07 bits per heavy atom. The third kappa shape index (κ3) is 3.67. The SMILES string of the molecule is CCCn1ncc2c(C(=O)N3CCN(Cc4ccco4)CC3)cc(C3CC3)nc21. The van der Waals surface area contributed by atoms with E-state index in [0.29, 0.717) is 5.92 Å². The molecule has 2 fully saturated rings. The zero-order chi connectivity index (χ0) is 19.8. The number of hydrogen-bond donors (Lipinski definition) is 0. The number of hydrogen-bond acceptors (Lipinski definition) is 5. The van der Waals surface area contributed by atoms with Crippen molar-refractivity contribution < 1.29 is 9.21 Å². The van der Waals surface area contributed by atoms with Crippen molar-refractivity contribution in [1.29, 1.82) is 0 Å². The molecule has 3 aromatic rings. The normalized spacial score (nSPS) is 17.9. The van der Waals surface area contributed by atoms with Crippen LogP contribution in [0.25, 0.3) is 11.0 Å². The molecule has 4 heterocycles. The lowest BCUT2D eigenvalue weighted by Gasteiger charge is -2.34. The number of furan rings is 1. The number of piperazine rings is 1. The quantitative estimate of drug-likeness (QED) is 0.643. The molecule has 1 amide bonds. The molecule has 2 aliphatic rings. The highest BCUT2D eigenvalue weighted by molar-refractivity contribution is 6.05. The Morgan fingerprint density at radius 1 is 1.24 bits per heavy atom. The van der Waals surface area contributed by atoms with Crippen molar-refractivity contribution in [3.63, 3.8) is 0 Å². The van der Waals surface area contributed by atoms with E-state index in [-0.39, 0.29) is 5.91 Å². The van der Waals surface area contributed by atoms with Gasteiger partial charge in [0.05, 0.1) is 30.0 Å². The van der Waals surface area contributed by atoms with Crippen LogP contribution in [0, 0.1) is 0 Å². The molecule has 29 heavy (non-hydrogen) atoms. The molecule has 3 aromatic heterocycles. The molecule has 0 aromatic carbocycles. The van der Waals surface area contributed by atoms with Crippen LogP contribution in [0.4, 0.5) is 0 Å². The summed E-state index contributed by atoms with van der Waals surface area (Å²) in [5.74, 6) is 1.58. The molecule has 0 N–H and O–H groups in total. The van der Waals surface area contributed by atoms with E-state index < -0.39 is 0 Å². The average Bonchev–Trinajstić information content (AvgIpc) is 3.33. The Hall–Kier alpha value is -2.67. The van der Waals surface area contributed by atoms with Gasteiger partial charge in [-0.25, -0.2) is 9.67 Å². The molecule has 7 heteroatoms. The summed E-state index contributed by atoms with van der Waals surface area (Å²) in [6.07, 6.45) is 6.85. The minimum Gasteiger partial charge on any atom is -0.468 e. The van der Waals surface area contributed by atoms with Gasteiger partial charge in [-0.3, -0.25) is 9.69 Å². The van der Waals surface area contributed by atoms with Crippen molar-refractivity contribution in [2.75, 3.05) is 26.2 Å². The zero-order valence-electron chi connectivity index (χ0n) is 16.9. The summed E-state index contributed by atoms with van der Waals surface area (Å²) < 4.78 is 7.40. The number of fused-ring (bicyclic) bond motifs is 1. The van der Waals surface area contributed by atoms with E-state index in [1.54, 1.807) is 6.26 Å². The molecule has 1 aliphatic heterocycles.